The molecule has 294 valence electrons. The average molecular weight is 784 g/mol. The maximum absolute atomic E-state index is 14.4. The molecule has 1 aliphatic rings. The van der Waals surface area contributed by atoms with Crippen molar-refractivity contribution in [3.63, 3.8) is 0 Å². The number of nitrogens with one attached hydrogen (secondary N) is 2. The number of oxime groups is 1. The van der Waals surface area contributed by atoms with Gasteiger partial charge in [0.05, 0.1) is 41.5 Å². The number of thiazole rings is 1. The quantitative estimate of drug-likeness (QED) is 0.0891. The topological polar surface area (TPSA) is 185 Å². The van der Waals surface area contributed by atoms with Gasteiger partial charge in [0.15, 0.2) is 0 Å². The Hall–Kier alpha value is -4.38. The van der Waals surface area contributed by atoms with Crippen LogP contribution in [0.15, 0.2) is 70.0 Å². The standard InChI is InChI=1S/C38H53N7O7S2/c1-25(2)21-44(54(51,52)31-15-13-29(14-16-31)20-39-50)23-33(47)32(19-28-11-9-8-10-12-28)42-35(48)34(38(5,6)7)45-18-17-43(37(45)49)22-30-24-53-36(41-30)26(3)40-27(4)46/h8-16,20,24-26,32-34,47,50H,17-19,21-23H2,1-7H3,(H,40,46)(H,42,48)/t26-,32-,33-,34+/m0/s1. The van der Waals surface area contributed by atoms with E-state index < -0.39 is 39.5 Å². The van der Waals surface area contributed by atoms with Crippen LogP contribution >= 0.6 is 11.3 Å². The summed E-state index contributed by atoms with van der Waals surface area (Å²) >= 11 is 1.40. The highest BCUT2D eigenvalue weighted by atomic mass is 32.2. The van der Waals surface area contributed by atoms with Crippen LogP contribution in [0.3, 0.4) is 0 Å². The smallest absolute Gasteiger partial charge is 0.321 e. The van der Waals surface area contributed by atoms with Gasteiger partial charge in [0.1, 0.15) is 11.0 Å². The fraction of sp³-hybridized carbons (Fsp3) is 0.500. The maximum atomic E-state index is 14.4. The van der Waals surface area contributed by atoms with Gasteiger partial charge in [-0.25, -0.2) is 18.2 Å². The van der Waals surface area contributed by atoms with Gasteiger partial charge < -0.3 is 30.7 Å². The molecule has 0 radical (unpaired) electrons. The number of rotatable bonds is 17. The van der Waals surface area contributed by atoms with Crippen molar-refractivity contribution < 1.29 is 33.1 Å². The van der Waals surface area contributed by atoms with Gasteiger partial charge in [-0.2, -0.15) is 4.31 Å². The molecule has 16 heteroatoms. The number of aliphatic hydroxyl groups is 1. The summed E-state index contributed by atoms with van der Waals surface area (Å²) < 4.78 is 29.1. The number of carbonyl (C=O) groups is 3. The molecule has 0 spiro atoms. The molecule has 0 aliphatic carbocycles. The Bertz CT molecular complexity index is 1860. The second kappa shape index (κ2) is 18.3. The highest BCUT2D eigenvalue weighted by Crippen LogP contribution is 2.30. The van der Waals surface area contributed by atoms with Crippen LogP contribution in [0, 0.1) is 11.3 Å². The van der Waals surface area contributed by atoms with Crippen molar-refractivity contribution in [2.24, 2.45) is 16.5 Å². The molecule has 4 rings (SSSR count). The molecular formula is C38H53N7O7S2. The van der Waals surface area contributed by atoms with E-state index in [9.17, 15) is 27.9 Å². The molecule has 0 unspecified atom stereocenters. The zero-order chi connectivity index (χ0) is 39.8. The molecular weight excluding hydrogens is 731 g/mol. The molecule has 0 bridgehead atoms. The van der Waals surface area contributed by atoms with Crippen LogP contribution in [0.25, 0.3) is 0 Å². The van der Waals surface area contributed by atoms with Crippen molar-refractivity contribution >= 4 is 45.4 Å². The summed E-state index contributed by atoms with van der Waals surface area (Å²) in [7, 11) is -4.09. The van der Waals surface area contributed by atoms with Crippen LogP contribution in [0.5, 0.6) is 0 Å². The minimum atomic E-state index is -4.09. The first-order valence-electron chi connectivity index (χ1n) is 18.0. The lowest BCUT2D eigenvalue weighted by Crippen LogP contribution is -2.59. The van der Waals surface area contributed by atoms with Crippen molar-refractivity contribution in [2.45, 2.75) is 90.6 Å². The molecule has 4 atom stereocenters. The lowest BCUT2D eigenvalue weighted by atomic mass is 9.84. The molecule has 1 fully saturated rings. The Labute approximate surface area is 322 Å². The second-order valence-electron chi connectivity index (χ2n) is 15.2. The van der Waals surface area contributed by atoms with Crippen LogP contribution in [-0.2, 0) is 32.6 Å². The molecule has 4 amide bonds. The van der Waals surface area contributed by atoms with E-state index in [1.54, 1.807) is 9.80 Å². The molecule has 2 aromatic carbocycles. The third-order valence-corrected chi connectivity index (χ3v) is 11.9. The number of amides is 4. The maximum Gasteiger partial charge on any atom is 0.321 e. The van der Waals surface area contributed by atoms with E-state index in [0.717, 1.165) is 10.6 Å². The molecule has 1 aromatic heterocycles. The average Bonchev–Trinajstić information content (AvgIpc) is 3.70. The highest BCUT2D eigenvalue weighted by Gasteiger charge is 2.44. The number of benzene rings is 2. The zero-order valence-corrected chi connectivity index (χ0v) is 33.6. The first-order chi connectivity index (χ1) is 25.4. The molecule has 4 N–H and O–H groups in total. The second-order valence-corrected chi connectivity index (χ2v) is 18.0. The summed E-state index contributed by atoms with van der Waals surface area (Å²) in [6, 6.07) is 12.8. The molecule has 0 saturated carbocycles. The Morgan fingerprint density at radius 3 is 2.30 bits per heavy atom. The SMILES string of the molecule is CC(=O)N[C@@H](C)c1nc(CN2CCN([C@H](C(=O)N[C@@H](Cc3ccccc3)[C@@H](O)CN(CC(C)C)S(=O)(=O)c3ccc(C=NO)cc3)C(C)(C)C)C2=O)cs1. The van der Waals surface area contributed by atoms with E-state index in [4.69, 9.17) is 5.21 Å². The Morgan fingerprint density at radius 2 is 1.70 bits per heavy atom. The Morgan fingerprint density at radius 1 is 1.04 bits per heavy atom. The number of nitrogens with zero attached hydrogens (tertiary/aromatic N) is 5. The number of hydrogen-bond donors (Lipinski definition) is 4. The van der Waals surface area contributed by atoms with Crippen molar-refractivity contribution in [2.75, 3.05) is 26.2 Å². The number of aromatic nitrogens is 1. The van der Waals surface area contributed by atoms with E-state index in [2.05, 4.69) is 20.8 Å². The van der Waals surface area contributed by atoms with Gasteiger partial charge in [0.2, 0.25) is 21.8 Å². The van der Waals surface area contributed by atoms with Crippen LogP contribution < -0.4 is 10.6 Å². The molecule has 54 heavy (non-hydrogen) atoms. The van der Waals surface area contributed by atoms with E-state index in [1.165, 1.54) is 53.0 Å². The Balaban J connectivity index is 1.57. The lowest BCUT2D eigenvalue weighted by molar-refractivity contribution is -0.130. The van der Waals surface area contributed by atoms with Crippen LogP contribution in [0.4, 0.5) is 4.79 Å². The number of carbonyl (C=O) groups excluding carboxylic acids is 3. The molecule has 3 aromatic rings. The van der Waals surface area contributed by atoms with Crippen LogP contribution in [0.1, 0.15) is 76.3 Å². The Kier molecular flexibility index (Phi) is 14.4. The summed E-state index contributed by atoms with van der Waals surface area (Å²) in [6.07, 6.45) is 0.0711. The predicted molar refractivity (Wildman–Crippen MR) is 208 cm³/mol. The first-order valence-corrected chi connectivity index (χ1v) is 20.3. The number of sulfonamides is 1. The van der Waals surface area contributed by atoms with E-state index >= 15 is 0 Å². The van der Waals surface area contributed by atoms with Crippen LogP contribution in [-0.4, -0.2) is 106 Å². The molecule has 1 saturated heterocycles. The van der Waals surface area contributed by atoms with Crippen molar-refractivity contribution in [1.82, 2.24) is 29.7 Å². The summed E-state index contributed by atoms with van der Waals surface area (Å²) in [5, 5.41) is 32.1. The van der Waals surface area contributed by atoms with Crippen molar-refractivity contribution in [3.05, 3.63) is 81.8 Å². The first kappa shape index (κ1) is 42.4. The van der Waals surface area contributed by atoms with Crippen molar-refractivity contribution in [1.29, 1.82) is 0 Å². The normalized spacial score (nSPS) is 16.2. The summed E-state index contributed by atoms with van der Waals surface area (Å²) in [4.78, 5) is 47.6. The fourth-order valence-corrected chi connectivity index (χ4v) is 8.95. The largest absolute Gasteiger partial charge is 0.411 e. The minimum absolute atomic E-state index is 0.00935. The fourth-order valence-electron chi connectivity index (χ4n) is 6.51. The van der Waals surface area contributed by atoms with Gasteiger partial charge in [-0.15, -0.1) is 11.3 Å². The van der Waals surface area contributed by atoms with Gasteiger partial charge in [-0.1, -0.05) is 82.2 Å². The van der Waals surface area contributed by atoms with E-state index in [-0.39, 0.29) is 54.8 Å². The van der Waals surface area contributed by atoms with E-state index in [0.29, 0.717) is 24.3 Å². The third kappa shape index (κ3) is 11.1. The number of hydrogen-bond acceptors (Lipinski definition) is 10. The number of urea groups is 1. The third-order valence-electron chi connectivity index (χ3n) is 8.99. The van der Waals surface area contributed by atoms with Gasteiger partial charge in [0.25, 0.3) is 0 Å². The van der Waals surface area contributed by atoms with E-state index in [1.807, 2.05) is 77.3 Å². The monoisotopic (exact) mass is 783 g/mol. The number of aliphatic hydroxyl groups excluding tert-OH is 1. The zero-order valence-electron chi connectivity index (χ0n) is 32.0. The molecule has 1 aliphatic heterocycles. The molecule has 14 nitrogen and oxygen atoms in total. The predicted octanol–water partition coefficient (Wildman–Crippen LogP) is 4.24. The minimum Gasteiger partial charge on any atom is -0.411 e. The van der Waals surface area contributed by atoms with Crippen molar-refractivity contribution in [3.8, 4) is 0 Å². The van der Waals surface area contributed by atoms with Gasteiger partial charge in [-0.3, -0.25) is 9.59 Å². The van der Waals surface area contributed by atoms with Gasteiger partial charge in [-0.05, 0) is 47.9 Å². The lowest BCUT2D eigenvalue weighted by Gasteiger charge is -2.38. The van der Waals surface area contributed by atoms with Crippen LogP contribution in [0.2, 0.25) is 0 Å². The highest BCUT2D eigenvalue weighted by molar-refractivity contribution is 7.89. The summed E-state index contributed by atoms with van der Waals surface area (Å²) in [6.45, 7) is 13.4. The summed E-state index contributed by atoms with van der Waals surface area (Å²) in [5.74, 6) is -0.706. The van der Waals surface area contributed by atoms with Gasteiger partial charge in [0, 0.05) is 38.5 Å². The van der Waals surface area contributed by atoms with Gasteiger partial charge >= 0.3 is 6.03 Å². The summed E-state index contributed by atoms with van der Waals surface area (Å²) in [5.41, 5.74) is 1.31. The molecule has 2 heterocycles.